The lowest BCUT2D eigenvalue weighted by Gasteiger charge is -2.27. The van der Waals surface area contributed by atoms with Crippen molar-refractivity contribution >= 4 is 5.97 Å². The molecule has 84 valence electrons. The van der Waals surface area contributed by atoms with E-state index in [9.17, 15) is 9.90 Å². The summed E-state index contributed by atoms with van der Waals surface area (Å²) < 4.78 is 4.79. The zero-order valence-electron chi connectivity index (χ0n) is 8.88. The Labute approximate surface area is 84.6 Å². The number of esters is 1. The number of nitrogens with two attached hydrogens (primary N) is 1. The summed E-state index contributed by atoms with van der Waals surface area (Å²) in [5.41, 5.74) is 5.30. The molecule has 5 heteroatoms. The first kappa shape index (κ1) is 13.4. The summed E-state index contributed by atoms with van der Waals surface area (Å²) in [6.07, 6.45) is 1.82. The van der Waals surface area contributed by atoms with Crippen molar-refractivity contribution in [3.8, 4) is 0 Å². The molecule has 0 saturated carbocycles. The smallest absolute Gasteiger partial charge is 0.306 e. The average molecular weight is 204 g/mol. The first-order chi connectivity index (χ1) is 6.54. The van der Waals surface area contributed by atoms with E-state index < -0.39 is 11.9 Å². The second kappa shape index (κ2) is 6.75. The molecule has 0 aliphatic rings. The van der Waals surface area contributed by atoms with Gasteiger partial charge in [0.15, 0.2) is 0 Å². The largest absolute Gasteiger partial charge is 0.419 e. The molecule has 0 spiro atoms. The minimum Gasteiger partial charge on any atom is -0.419 e. The van der Waals surface area contributed by atoms with E-state index >= 15 is 0 Å². The fourth-order valence-electron chi connectivity index (χ4n) is 1.14. The number of hydrogen-bond acceptors (Lipinski definition) is 5. The molecule has 1 unspecified atom stereocenters. The van der Waals surface area contributed by atoms with Crippen LogP contribution in [-0.4, -0.2) is 30.1 Å². The number of ether oxygens (including phenoxy) is 1. The molecule has 0 rings (SSSR count). The quantitative estimate of drug-likeness (QED) is 0.307. The van der Waals surface area contributed by atoms with Gasteiger partial charge in [0.1, 0.15) is 0 Å². The molecule has 5 nitrogen and oxygen atoms in total. The predicted octanol–water partition coefficient (Wildman–Crippen LogP) is -0.0659. The van der Waals surface area contributed by atoms with Crippen molar-refractivity contribution in [3.63, 3.8) is 0 Å². The molecule has 0 saturated heterocycles. The van der Waals surface area contributed by atoms with E-state index in [1.807, 2.05) is 6.92 Å². The van der Waals surface area contributed by atoms with Gasteiger partial charge in [-0.25, -0.2) is 0 Å². The van der Waals surface area contributed by atoms with Crippen LogP contribution in [0.2, 0.25) is 0 Å². The summed E-state index contributed by atoms with van der Waals surface area (Å²) in [5.74, 6) is -2.03. The van der Waals surface area contributed by atoms with Gasteiger partial charge in [0.25, 0.3) is 5.91 Å². The van der Waals surface area contributed by atoms with Crippen molar-refractivity contribution in [2.24, 2.45) is 5.73 Å². The third-order valence-electron chi connectivity index (χ3n) is 1.68. The molecule has 1 atom stereocenters. The van der Waals surface area contributed by atoms with Crippen LogP contribution in [0.25, 0.3) is 0 Å². The highest BCUT2D eigenvalue weighted by atomic mass is 16.7. The molecule has 0 fully saturated rings. The van der Waals surface area contributed by atoms with Gasteiger partial charge >= 0.3 is 5.97 Å². The Morgan fingerprint density at radius 2 is 2.29 bits per heavy atom. The molecule has 0 aliphatic carbocycles. The number of carbonyl (C=O) groups is 1. The van der Waals surface area contributed by atoms with Gasteiger partial charge in [-0.15, -0.1) is 0 Å². The van der Waals surface area contributed by atoms with E-state index in [-0.39, 0.29) is 0 Å². The zero-order valence-corrected chi connectivity index (χ0v) is 8.88. The lowest BCUT2D eigenvalue weighted by atomic mass is 10.2. The molecular formula is C9H20N2O3. The summed E-state index contributed by atoms with van der Waals surface area (Å²) in [4.78, 5) is 10.7. The van der Waals surface area contributed by atoms with Crippen LogP contribution in [0.1, 0.15) is 33.1 Å². The van der Waals surface area contributed by atoms with Gasteiger partial charge in [0.2, 0.25) is 0 Å². The standard InChI is InChI=1S/C9H20N2O3/c1-3-5-9(13,14-8(2)12)11-7-4-6-10/h11,13H,3-7,10H2,1-2H3. The highest BCUT2D eigenvalue weighted by Crippen LogP contribution is 2.11. The zero-order chi connectivity index (χ0) is 11.0. The second-order valence-electron chi connectivity index (χ2n) is 3.20. The summed E-state index contributed by atoms with van der Waals surface area (Å²) in [7, 11) is 0. The molecule has 0 aliphatic heterocycles. The summed E-state index contributed by atoms with van der Waals surface area (Å²) in [6.45, 7) is 4.24. The van der Waals surface area contributed by atoms with E-state index in [1.54, 1.807) is 0 Å². The molecule has 4 N–H and O–H groups in total. The van der Waals surface area contributed by atoms with Gasteiger partial charge in [0.05, 0.1) is 0 Å². The molecule has 0 aromatic carbocycles. The Hall–Kier alpha value is -0.650. The summed E-state index contributed by atoms with van der Waals surface area (Å²) >= 11 is 0. The number of rotatable bonds is 7. The van der Waals surface area contributed by atoms with E-state index in [4.69, 9.17) is 10.5 Å². The Morgan fingerprint density at radius 1 is 1.64 bits per heavy atom. The van der Waals surface area contributed by atoms with Crippen molar-refractivity contribution in [1.29, 1.82) is 0 Å². The van der Waals surface area contributed by atoms with Crippen LogP contribution in [0.4, 0.5) is 0 Å². The van der Waals surface area contributed by atoms with Crippen LogP contribution >= 0.6 is 0 Å². The molecule has 0 bridgehead atoms. The third kappa shape index (κ3) is 5.90. The van der Waals surface area contributed by atoms with Crippen LogP contribution in [0, 0.1) is 0 Å². The normalized spacial score (nSPS) is 14.9. The fourth-order valence-corrected chi connectivity index (χ4v) is 1.14. The topological polar surface area (TPSA) is 84.6 Å². The number of carbonyl (C=O) groups excluding carboxylic acids is 1. The van der Waals surface area contributed by atoms with Crippen LogP contribution < -0.4 is 11.1 Å². The SMILES string of the molecule is CCCC(O)(NCCCN)OC(C)=O. The second-order valence-corrected chi connectivity index (χ2v) is 3.20. The van der Waals surface area contributed by atoms with Crippen molar-refractivity contribution in [2.45, 2.75) is 39.0 Å². The van der Waals surface area contributed by atoms with Crippen molar-refractivity contribution in [3.05, 3.63) is 0 Å². The number of aliphatic hydroxyl groups is 1. The van der Waals surface area contributed by atoms with Crippen LogP contribution in [0.5, 0.6) is 0 Å². The lowest BCUT2D eigenvalue weighted by Crippen LogP contribution is -2.49. The minimum atomic E-state index is -1.53. The van der Waals surface area contributed by atoms with E-state index in [0.717, 1.165) is 12.8 Å². The Bertz CT molecular complexity index is 175. The lowest BCUT2D eigenvalue weighted by molar-refractivity contribution is -0.224. The Kier molecular flexibility index (Phi) is 6.44. The molecule has 0 heterocycles. The Balaban J connectivity index is 4.02. The van der Waals surface area contributed by atoms with Gasteiger partial charge in [-0.3, -0.25) is 10.1 Å². The number of nitrogens with one attached hydrogen (secondary N) is 1. The molecule has 0 aromatic rings. The molecule has 0 aromatic heterocycles. The van der Waals surface area contributed by atoms with Crippen molar-refractivity contribution in [2.75, 3.05) is 13.1 Å². The third-order valence-corrected chi connectivity index (χ3v) is 1.68. The van der Waals surface area contributed by atoms with Gasteiger partial charge in [0, 0.05) is 19.9 Å². The maximum absolute atomic E-state index is 10.7. The summed E-state index contributed by atoms with van der Waals surface area (Å²) in [5, 5.41) is 12.6. The van der Waals surface area contributed by atoms with Crippen molar-refractivity contribution < 1.29 is 14.6 Å². The van der Waals surface area contributed by atoms with Gasteiger partial charge in [-0.2, -0.15) is 0 Å². The van der Waals surface area contributed by atoms with Crippen molar-refractivity contribution in [1.82, 2.24) is 5.32 Å². The van der Waals surface area contributed by atoms with E-state index in [2.05, 4.69) is 5.32 Å². The van der Waals surface area contributed by atoms with E-state index in [1.165, 1.54) is 6.92 Å². The van der Waals surface area contributed by atoms with Crippen LogP contribution in [0.15, 0.2) is 0 Å². The molecular weight excluding hydrogens is 184 g/mol. The van der Waals surface area contributed by atoms with Crippen LogP contribution in [0.3, 0.4) is 0 Å². The summed E-state index contributed by atoms with van der Waals surface area (Å²) in [6, 6.07) is 0. The average Bonchev–Trinajstić information content (AvgIpc) is 2.03. The first-order valence-corrected chi connectivity index (χ1v) is 4.91. The molecule has 0 radical (unpaired) electrons. The highest BCUT2D eigenvalue weighted by molar-refractivity contribution is 5.66. The minimum absolute atomic E-state index is 0.372. The maximum Gasteiger partial charge on any atom is 0.306 e. The monoisotopic (exact) mass is 204 g/mol. The Morgan fingerprint density at radius 3 is 2.71 bits per heavy atom. The van der Waals surface area contributed by atoms with Gasteiger partial charge in [-0.1, -0.05) is 6.92 Å². The van der Waals surface area contributed by atoms with Gasteiger partial charge in [-0.05, 0) is 19.4 Å². The van der Waals surface area contributed by atoms with Gasteiger partial charge < -0.3 is 15.6 Å². The first-order valence-electron chi connectivity index (χ1n) is 4.91. The molecule has 0 amide bonds. The highest BCUT2D eigenvalue weighted by Gasteiger charge is 2.28. The predicted molar refractivity (Wildman–Crippen MR) is 53.3 cm³/mol. The fraction of sp³-hybridized carbons (Fsp3) is 0.889. The van der Waals surface area contributed by atoms with Crippen LogP contribution in [-0.2, 0) is 9.53 Å². The molecule has 14 heavy (non-hydrogen) atoms. The van der Waals surface area contributed by atoms with E-state index in [0.29, 0.717) is 19.5 Å². The number of hydrogen-bond donors (Lipinski definition) is 3. The maximum atomic E-state index is 10.7.